The molecule has 0 aliphatic carbocycles. The van der Waals surface area contributed by atoms with E-state index in [9.17, 15) is 13.2 Å². The highest BCUT2D eigenvalue weighted by Gasteiger charge is 2.13. The van der Waals surface area contributed by atoms with Crippen LogP contribution in [0.5, 0.6) is 0 Å². The summed E-state index contributed by atoms with van der Waals surface area (Å²) in [7, 11) is -1.66. The molecule has 2 aromatic carbocycles. The number of para-hydroxylation sites is 1. The number of methoxy groups -OCH3 is 1. The Morgan fingerprint density at radius 3 is 2.52 bits per heavy atom. The van der Waals surface area contributed by atoms with E-state index in [2.05, 4.69) is 4.99 Å². The molecule has 0 aliphatic rings. The van der Waals surface area contributed by atoms with E-state index in [1.165, 1.54) is 35.6 Å². The molecule has 27 heavy (non-hydrogen) atoms. The fourth-order valence-corrected chi connectivity index (χ4v) is 4.57. The van der Waals surface area contributed by atoms with Gasteiger partial charge < -0.3 is 9.30 Å². The van der Waals surface area contributed by atoms with Crippen molar-refractivity contribution >= 4 is 37.3 Å². The van der Waals surface area contributed by atoms with Crippen LogP contribution >= 0.6 is 11.3 Å². The molecule has 0 unspecified atom stereocenters. The maximum Gasteiger partial charge on any atom is 0.279 e. The molecule has 3 aromatic rings. The Morgan fingerprint density at radius 2 is 1.85 bits per heavy atom. The first-order chi connectivity index (χ1) is 13.0. The van der Waals surface area contributed by atoms with E-state index in [-0.39, 0.29) is 10.6 Å². The van der Waals surface area contributed by atoms with E-state index in [0.717, 1.165) is 10.2 Å². The lowest BCUT2D eigenvalue weighted by molar-refractivity contribution is 0.0997. The van der Waals surface area contributed by atoms with Crippen molar-refractivity contribution in [2.75, 3.05) is 19.5 Å². The van der Waals surface area contributed by atoms with Crippen LogP contribution in [0, 0.1) is 0 Å². The number of hydrogen-bond acceptors (Lipinski definition) is 5. The number of fused-ring (bicyclic) bond motifs is 1. The first-order valence-electron chi connectivity index (χ1n) is 8.45. The van der Waals surface area contributed by atoms with E-state index in [0.29, 0.717) is 23.5 Å². The molecule has 0 fully saturated rings. The topological polar surface area (TPSA) is 77.7 Å². The molecular weight excluding hydrogens is 384 g/mol. The van der Waals surface area contributed by atoms with Crippen LogP contribution in [-0.4, -0.2) is 38.4 Å². The molecule has 0 saturated carbocycles. The molecule has 6 nitrogen and oxygen atoms in total. The highest BCUT2D eigenvalue weighted by Crippen LogP contribution is 2.17. The van der Waals surface area contributed by atoms with E-state index in [1.54, 1.807) is 14.0 Å². The zero-order chi connectivity index (χ0) is 19.4. The number of carbonyl (C=O) groups is 1. The van der Waals surface area contributed by atoms with Crippen LogP contribution in [-0.2, 0) is 21.1 Å². The van der Waals surface area contributed by atoms with Crippen LogP contribution in [0.2, 0.25) is 0 Å². The lowest BCUT2D eigenvalue weighted by Crippen LogP contribution is -2.19. The van der Waals surface area contributed by atoms with Crippen LogP contribution in [0.15, 0.2) is 58.4 Å². The van der Waals surface area contributed by atoms with Crippen molar-refractivity contribution in [1.82, 2.24) is 4.57 Å². The Labute approximate surface area is 161 Å². The number of amides is 1. The van der Waals surface area contributed by atoms with Gasteiger partial charge in [-0.25, -0.2) is 8.42 Å². The Balaban J connectivity index is 2.00. The normalized spacial score (nSPS) is 12.6. The molecule has 0 N–H and O–H groups in total. The van der Waals surface area contributed by atoms with Crippen LogP contribution in [0.3, 0.4) is 0 Å². The summed E-state index contributed by atoms with van der Waals surface area (Å²) in [5.74, 6) is -0.389. The average Bonchev–Trinajstić information content (AvgIpc) is 3.03. The molecule has 8 heteroatoms. The molecule has 0 spiro atoms. The van der Waals surface area contributed by atoms with Gasteiger partial charge >= 0.3 is 0 Å². The summed E-state index contributed by atoms with van der Waals surface area (Å²) in [5, 5.41) is 0. The Morgan fingerprint density at radius 1 is 1.15 bits per heavy atom. The van der Waals surface area contributed by atoms with Gasteiger partial charge in [0.15, 0.2) is 14.6 Å². The van der Waals surface area contributed by atoms with Gasteiger partial charge in [-0.3, -0.25) is 4.79 Å². The fraction of sp³-hybridized carbons (Fsp3) is 0.263. The average molecular weight is 405 g/mol. The molecule has 0 aliphatic heterocycles. The molecule has 0 saturated heterocycles. The highest BCUT2D eigenvalue weighted by molar-refractivity contribution is 7.91. The van der Waals surface area contributed by atoms with Crippen molar-refractivity contribution in [3.8, 4) is 0 Å². The third-order valence-electron chi connectivity index (χ3n) is 4.14. The second-order valence-corrected chi connectivity index (χ2v) is 9.13. The first-order valence-corrected chi connectivity index (χ1v) is 10.9. The number of nitrogens with zero attached hydrogens (tertiary/aromatic N) is 2. The molecule has 1 amide bonds. The minimum absolute atomic E-state index is 0.0198. The highest BCUT2D eigenvalue weighted by atomic mass is 32.2. The third kappa shape index (κ3) is 4.18. The van der Waals surface area contributed by atoms with Gasteiger partial charge in [-0.2, -0.15) is 4.99 Å². The fourth-order valence-electron chi connectivity index (χ4n) is 2.63. The Bertz CT molecular complexity index is 1130. The van der Waals surface area contributed by atoms with Crippen molar-refractivity contribution in [2.45, 2.75) is 18.4 Å². The van der Waals surface area contributed by atoms with Crippen molar-refractivity contribution in [1.29, 1.82) is 0 Å². The lowest BCUT2D eigenvalue weighted by atomic mass is 10.2. The zero-order valence-corrected chi connectivity index (χ0v) is 16.7. The number of thiazole rings is 1. The van der Waals surface area contributed by atoms with E-state index in [4.69, 9.17) is 4.74 Å². The molecule has 1 aromatic heterocycles. The summed E-state index contributed by atoms with van der Waals surface area (Å²) in [6.07, 6.45) is 0. The van der Waals surface area contributed by atoms with E-state index in [1.807, 2.05) is 28.8 Å². The van der Waals surface area contributed by atoms with Gasteiger partial charge in [-0.1, -0.05) is 30.4 Å². The summed E-state index contributed by atoms with van der Waals surface area (Å²) >= 11 is 1.43. The summed E-state index contributed by atoms with van der Waals surface area (Å²) < 4.78 is 31.9. The number of aromatic nitrogens is 1. The predicted octanol–water partition coefficient (Wildman–Crippen LogP) is 2.88. The second-order valence-electron chi connectivity index (χ2n) is 5.84. The van der Waals surface area contributed by atoms with Crippen LogP contribution in [0.25, 0.3) is 10.2 Å². The molecule has 142 valence electrons. The lowest BCUT2D eigenvalue weighted by Gasteiger charge is -2.04. The number of hydrogen-bond donors (Lipinski definition) is 0. The van der Waals surface area contributed by atoms with Crippen molar-refractivity contribution in [2.24, 2.45) is 4.99 Å². The van der Waals surface area contributed by atoms with Gasteiger partial charge in [0.2, 0.25) is 0 Å². The largest absolute Gasteiger partial charge is 0.383 e. The monoisotopic (exact) mass is 404 g/mol. The number of ether oxygens (including phenoxy) is 1. The number of rotatable bonds is 6. The third-order valence-corrected chi connectivity index (χ3v) is 6.95. The summed E-state index contributed by atoms with van der Waals surface area (Å²) in [5.41, 5.74) is 1.34. The summed E-state index contributed by atoms with van der Waals surface area (Å²) in [6, 6.07) is 13.8. The molecule has 3 rings (SSSR count). The van der Waals surface area contributed by atoms with E-state index >= 15 is 0 Å². The molecule has 0 radical (unpaired) electrons. The maximum absolute atomic E-state index is 12.6. The van der Waals surface area contributed by atoms with Crippen molar-refractivity contribution in [3.63, 3.8) is 0 Å². The van der Waals surface area contributed by atoms with E-state index < -0.39 is 15.7 Å². The summed E-state index contributed by atoms with van der Waals surface area (Å²) in [4.78, 5) is 17.7. The second kappa shape index (κ2) is 8.16. The van der Waals surface area contributed by atoms with Crippen molar-refractivity contribution < 1.29 is 17.9 Å². The predicted molar refractivity (Wildman–Crippen MR) is 106 cm³/mol. The molecule has 0 atom stereocenters. The van der Waals surface area contributed by atoms with Gasteiger partial charge in [0.1, 0.15) is 0 Å². The van der Waals surface area contributed by atoms with Crippen LogP contribution in [0.1, 0.15) is 17.3 Å². The van der Waals surface area contributed by atoms with Gasteiger partial charge in [0.25, 0.3) is 5.91 Å². The van der Waals surface area contributed by atoms with Gasteiger partial charge in [-0.15, -0.1) is 0 Å². The first kappa shape index (κ1) is 19.5. The Kier molecular flexibility index (Phi) is 5.88. The summed E-state index contributed by atoms with van der Waals surface area (Å²) in [6.45, 7) is 2.68. The number of sulfone groups is 1. The minimum Gasteiger partial charge on any atom is -0.383 e. The minimum atomic E-state index is -3.29. The van der Waals surface area contributed by atoms with Crippen LogP contribution in [0.4, 0.5) is 0 Å². The molecule has 0 bridgehead atoms. The Hall–Kier alpha value is -2.29. The molecule has 1 heterocycles. The van der Waals surface area contributed by atoms with Gasteiger partial charge in [0.05, 0.1) is 27.5 Å². The van der Waals surface area contributed by atoms with Gasteiger partial charge in [-0.05, 0) is 36.4 Å². The number of carbonyl (C=O) groups excluding carboxylic acids is 1. The maximum atomic E-state index is 12.6. The SMILES string of the molecule is CCS(=O)(=O)c1ccc(C(=O)N=c2sc3ccccc3n2CCOC)cc1. The quantitative estimate of drug-likeness (QED) is 0.633. The molecular formula is C19H20N2O4S2. The standard InChI is InChI=1S/C19H20N2O4S2/c1-3-27(23,24)15-10-8-14(9-11-15)18(22)20-19-21(12-13-25-2)16-6-4-5-7-17(16)26-19/h4-11H,3,12-13H2,1-2H3. The van der Waals surface area contributed by atoms with Crippen LogP contribution < -0.4 is 4.80 Å². The van der Waals surface area contributed by atoms with Gasteiger partial charge in [0, 0.05) is 19.2 Å². The smallest absolute Gasteiger partial charge is 0.279 e. The number of benzene rings is 2. The van der Waals surface area contributed by atoms with Crippen molar-refractivity contribution in [3.05, 3.63) is 58.9 Å². The zero-order valence-electron chi connectivity index (χ0n) is 15.1.